The molecule has 0 aliphatic rings. The molecule has 0 aliphatic carbocycles. The summed E-state index contributed by atoms with van der Waals surface area (Å²) in [4.78, 5) is 0. The maximum Gasteiger partial charge on any atom is 0.0532 e. The number of halogens is 1. The molecule has 0 spiro atoms. The number of rotatable bonds is 4. The van der Waals surface area contributed by atoms with Gasteiger partial charge < -0.3 is 4.74 Å². The number of ether oxygens (including phenoxy) is 1. The zero-order chi connectivity index (χ0) is 8.20. The van der Waals surface area contributed by atoms with Gasteiger partial charge in [0.25, 0.3) is 0 Å². The summed E-state index contributed by atoms with van der Waals surface area (Å²) in [6, 6.07) is 0. The smallest absolute Gasteiger partial charge is 0.0532 e. The van der Waals surface area contributed by atoms with Gasteiger partial charge in [0, 0.05) is 11.3 Å². The van der Waals surface area contributed by atoms with Crippen molar-refractivity contribution in [2.45, 2.75) is 33.8 Å². The second-order valence-electron chi connectivity index (χ2n) is 3.66. The molecule has 10 heavy (non-hydrogen) atoms. The van der Waals surface area contributed by atoms with Crippen molar-refractivity contribution < 1.29 is 4.74 Å². The highest BCUT2D eigenvalue weighted by atomic mass is 35.5. The molecule has 0 saturated heterocycles. The topological polar surface area (TPSA) is 9.23 Å². The maximum absolute atomic E-state index is 5.70. The van der Waals surface area contributed by atoms with Gasteiger partial charge in [-0.15, -0.1) is 11.6 Å². The molecule has 0 aromatic rings. The van der Waals surface area contributed by atoms with E-state index in [2.05, 4.69) is 13.8 Å². The van der Waals surface area contributed by atoms with Gasteiger partial charge in [0.2, 0.25) is 0 Å². The lowest BCUT2D eigenvalue weighted by atomic mass is 9.98. The first-order valence-corrected chi connectivity index (χ1v) is 4.19. The van der Waals surface area contributed by atoms with E-state index in [0.717, 1.165) is 6.61 Å². The van der Waals surface area contributed by atoms with Gasteiger partial charge in [-0.25, -0.2) is 0 Å². The molecule has 0 bridgehead atoms. The Bertz CT molecular complexity index is 89.3. The fraction of sp³-hybridized carbons (Fsp3) is 1.00. The van der Waals surface area contributed by atoms with Crippen molar-refractivity contribution in [3.63, 3.8) is 0 Å². The molecule has 0 aromatic heterocycles. The van der Waals surface area contributed by atoms with Crippen LogP contribution in [0.4, 0.5) is 0 Å². The van der Waals surface area contributed by atoms with Crippen LogP contribution in [0.1, 0.15) is 27.7 Å². The third kappa shape index (κ3) is 5.07. The van der Waals surface area contributed by atoms with Gasteiger partial charge in [-0.3, -0.25) is 0 Å². The largest absolute Gasteiger partial charge is 0.378 e. The Kier molecular flexibility index (Phi) is 4.30. The molecule has 0 saturated carbocycles. The Labute approximate surface area is 68.7 Å². The summed E-state index contributed by atoms with van der Waals surface area (Å²) in [6.07, 6.45) is 0.308. The van der Waals surface area contributed by atoms with Crippen molar-refractivity contribution in [3.05, 3.63) is 0 Å². The van der Waals surface area contributed by atoms with Crippen LogP contribution in [-0.2, 0) is 4.74 Å². The maximum atomic E-state index is 5.70. The van der Waals surface area contributed by atoms with E-state index >= 15 is 0 Å². The van der Waals surface area contributed by atoms with Gasteiger partial charge in [0.15, 0.2) is 0 Å². The Morgan fingerprint density at radius 3 is 2.20 bits per heavy atom. The molecule has 62 valence electrons. The van der Waals surface area contributed by atoms with Crippen LogP contribution in [0.15, 0.2) is 0 Å². The van der Waals surface area contributed by atoms with Crippen molar-refractivity contribution in [2.75, 3.05) is 12.5 Å². The zero-order valence-corrected chi connectivity index (χ0v) is 8.03. The van der Waals surface area contributed by atoms with Crippen LogP contribution < -0.4 is 0 Å². The molecular formula is C8H17ClO. The predicted octanol–water partition coefficient (Wildman–Crippen LogP) is 2.68. The average Bonchev–Trinajstić information content (AvgIpc) is 1.85. The van der Waals surface area contributed by atoms with E-state index in [1.54, 1.807) is 0 Å². The van der Waals surface area contributed by atoms with Gasteiger partial charge in [0.05, 0.1) is 12.7 Å². The van der Waals surface area contributed by atoms with Gasteiger partial charge in [0.1, 0.15) is 0 Å². The molecule has 0 atom stereocenters. The molecule has 2 heteroatoms. The molecular weight excluding hydrogens is 148 g/mol. The summed E-state index contributed by atoms with van der Waals surface area (Å²) in [7, 11) is 0. The number of alkyl halides is 1. The highest BCUT2D eigenvalue weighted by molar-refractivity contribution is 6.18. The molecule has 0 aliphatic heterocycles. The normalized spacial score (nSPS) is 12.6. The fourth-order valence-corrected chi connectivity index (χ4v) is 0.508. The van der Waals surface area contributed by atoms with E-state index in [0.29, 0.717) is 12.0 Å². The van der Waals surface area contributed by atoms with Crippen molar-refractivity contribution >= 4 is 11.6 Å². The van der Waals surface area contributed by atoms with Crippen LogP contribution in [0.5, 0.6) is 0 Å². The molecule has 0 unspecified atom stereocenters. The molecule has 0 heterocycles. The first kappa shape index (κ1) is 10.2. The van der Waals surface area contributed by atoms with Crippen LogP contribution in [-0.4, -0.2) is 18.6 Å². The average molecular weight is 165 g/mol. The lowest BCUT2D eigenvalue weighted by Crippen LogP contribution is -2.23. The van der Waals surface area contributed by atoms with E-state index in [9.17, 15) is 0 Å². The Hall–Kier alpha value is 0.250. The fourth-order valence-electron chi connectivity index (χ4n) is 0.431. The molecule has 0 N–H and O–H groups in total. The molecule has 0 amide bonds. The van der Waals surface area contributed by atoms with E-state index in [4.69, 9.17) is 16.3 Å². The molecule has 0 aromatic carbocycles. The summed E-state index contributed by atoms with van der Waals surface area (Å²) in [5, 5.41) is 0. The Morgan fingerprint density at radius 1 is 1.40 bits per heavy atom. The van der Waals surface area contributed by atoms with Crippen LogP contribution in [0, 0.1) is 5.41 Å². The Balaban J connectivity index is 3.46. The van der Waals surface area contributed by atoms with Crippen molar-refractivity contribution in [3.8, 4) is 0 Å². The van der Waals surface area contributed by atoms with Crippen molar-refractivity contribution in [1.82, 2.24) is 0 Å². The van der Waals surface area contributed by atoms with Gasteiger partial charge >= 0.3 is 0 Å². The quantitative estimate of drug-likeness (QED) is 0.581. The molecule has 0 fully saturated rings. The summed E-state index contributed by atoms with van der Waals surface area (Å²) in [5.41, 5.74) is 0.117. The summed E-state index contributed by atoms with van der Waals surface area (Å²) >= 11 is 5.70. The molecule has 0 rings (SSSR count). The highest BCUT2D eigenvalue weighted by Gasteiger charge is 2.16. The summed E-state index contributed by atoms with van der Waals surface area (Å²) in [5.74, 6) is 0.653. The van der Waals surface area contributed by atoms with E-state index < -0.39 is 0 Å². The number of hydrogen-bond acceptors (Lipinski definition) is 1. The van der Waals surface area contributed by atoms with Crippen LogP contribution in [0.3, 0.4) is 0 Å². The predicted molar refractivity (Wildman–Crippen MR) is 45.6 cm³/mol. The van der Waals surface area contributed by atoms with Crippen molar-refractivity contribution in [2.24, 2.45) is 5.41 Å². The SMILES string of the molecule is CC(C)OCC(C)(C)CCl. The zero-order valence-electron chi connectivity index (χ0n) is 7.28. The standard InChI is InChI=1S/C8H17ClO/c1-7(2)10-6-8(3,4)5-9/h7H,5-6H2,1-4H3. The lowest BCUT2D eigenvalue weighted by molar-refractivity contribution is 0.0297. The van der Waals surface area contributed by atoms with Gasteiger partial charge in [-0.1, -0.05) is 13.8 Å². The first-order valence-electron chi connectivity index (χ1n) is 3.65. The second-order valence-corrected chi connectivity index (χ2v) is 3.92. The Morgan fingerprint density at radius 2 is 1.90 bits per heavy atom. The van der Waals surface area contributed by atoms with Gasteiger partial charge in [-0.05, 0) is 13.8 Å². The third-order valence-electron chi connectivity index (χ3n) is 1.17. The summed E-state index contributed by atoms with van der Waals surface area (Å²) in [6.45, 7) is 9.01. The van der Waals surface area contributed by atoms with Crippen LogP contribution >= 0.6 is 11.6 Å². The van der Waals surface area contributed by atoms with Crippen LogP contribution in [0.25, 0.3) is 0 Å². The number of hydrogen-bond donors (Lipinski definition) is 0. The van der Waals surface area contributed by atoms with E-state index in [-0.39, 0.29) is 5.41 Å². The highest BCUT2D eigenvalue weighted by Crippen LogP contribution is 2.17. The first-order chi connectivity index (χ1) is 4.48. The lowest BCUT2D eigenvalue weighted by Gasteiger charge is -2.22. The molecule has 1 nitrogen and oxygen atoms in total. The van der Waals surface area contributed by atoms with E-state index in [1.165, 1.54) is 0 Å². The van der Waals surface area contributed by atoms with Gasteiger partial charge in [-0.2, -0.15) is 0 Å². The minimum absolute atomic E-state index is 0.117. The van der Waals surface area contributed by atoms with E-state index in [1.807, 2.05) is 13.8 Å². The monoisotopic (exact) mass is 164 g/mol. The van der Waals surface area contributed by atoms with Crippen LogP contribution in [0.2, 0.25) is 0 Å². The summed E-state index contributed by atoms with van der Waals surface area (Å²) < 4.78 is 5.41. The van der Waals surface area contributed by atoms with Crippen molar-refractivity contribution in [1.29, 1.82) is 0 Å². The third-order valence-corrected chi connectivity index (χ3v) is 1.89. The minimum Gasteiger partial charge on any atom is -0.378 e. The molecule has 0 radical (unpaired) electrons. The second kappa shape index (κ2) is 4.20. The minimum atomic E-state index is 0.117.